The van der Waals surface area contributed by atoms with Crippen LogP contribution in [0.1, 0.15) is 23.2 Å². The molecule has 5 heteroatoms. The minimum Gasteiger partial charge on any atom is -0.507 e. The van der Waals surface area contributed by atoms with Gasteiger partial charge in [0.15, 0.2) is 0 Å². The van der Waals surface area contributed by atoms with Gasteiger partial charge in [-0.3, -0.25) is 4.79 Å². The average Bonchev–Trinajstić information content (AvgIpc) is 3.14. The van der Waals surface area contributed by atoms with Gasteiger partial charge in [-0.15, -0.1) is 0 Å². The molecule has 1 aromatic carbocycles. The van der Waals surface area contributed by atoms with Crippen LogP contribution in [0.4, 0.5) is 4.39 Å². The fourth-order valence-electron chi connectivity index (χ4n) is 2.20. The van der Waals surface area contributed by atoms with Gasteiger partial charge < -0.3 is 15.7 Å². The van der Waals surface area contributed by atoms with Gasteiger partial charge in [-0.25, -0.2) is 4.39 Å². The second-order valence-electron chi connectivity index (χ2n) is 4.69. The van der Waals surface area contributed by atoms with Gasteiger partial charge in [-0.2, -0.15) is 0 Å². The number of phenolic OH excluding ortho intramolecular Hbond substituents is 1. The molecule has 1 aliphatic rings. The van der Waals surface area contributed by atoms with Crippen LogP contribution < -0.4 is 5.73 Å². The van der Waals surface area contributed by atoms with E-state index < -0.39 is 11.7 Å². The Kier molecular flexibility index (Phi) is 3.52. The first kappa shape index (κ1) is 12.8. The number of rotatable bonds is 4. The molecule has 0 heterocycles. The number of carbonyl (C=O) groups excluding carboxylic acids is 1. The molecule has 4 nitrogen and oxygen atoms in total. The van der Waals surface area contributed by atoms with Crippen LogP contribution in [0, 0.1) is 11.7 Å². The molecule has 1 amide bonds. The van der Waals surface area contributed by atoms with E-state index in [9.17, 15) is 14.3 Å². The Balaban J connectivity index is 2.24. The minimum absolute atomic E-state index is 0.0866. The highest BCUT2D eigenvalue weighted by Crippen LogP contribution is 2.35. The molecule has 3 N–H and O–H groups in total. The van der Waals surface area contributed by atoms with Crippen molar-refractivity contribution >= 4 is 5.91 Å². The van der Waals surface area contributed by atoms with Crippen LogP contribution in [0.15, 0.2) is 18.2 Å². The fourth-order valence-corrected chi connectivity index (χ4v) is 2.20. The van der Waals surface area contributed by atoms with E-state index in [0.29, 0.717) is 12.5 Å². The number of benzene rings is 1. The maximum absolute atomic E-state index is 13.6. The van der Waals surface area contributed by atoms with Gasteiger partial charge >= 0.3 is 0 Å². The Labute approximate surface area is 105 Å². The van der Waals surface area contributed by atoms with Gasteiger partial charge in [0.05, 0.1) is 0 Å². The second-order valence-corrected chi connectivity index (χ2v) is 4.69. The third kappa shape index (κ3) is 2.31. The SMILES string of the molecule is CN(C(=O)c1c(O)cccc1F)C(CN)C1CC1. The number of nitrogens with two attached hydrogens (primary N) is 1. The molecule has 0 aliphatic heterocycles. The molecule has 2 rings (SSSR count). The molecular weight excluding hydrogens is 235 g/mol. The van der Waals surface area contributed by atoms with Gasteiger partial charge in [-0.05, 0) is 30.9 Å². The molecule has 0 radical (unpaired) electrons. The number of aromatic hydroxyl groups is 1. The summed E-state index contributed by atoms with van der Waals surface area (Å²) in [5.74, 6) is -1.16. The molecule has 1 fully saturated rings. The summed E-state index contributed by atoms with van der Waals surface area (Å²) in [6.45, 7) is 0.349. The van der Waals surface area contributed by atoms with Crippen LogP contribution in [-0.2, 0) is 0 Å². The quantitative estimate of drug-likeness (QED) is 0.849. The number of likely N-dealkylation sites (N-methyl/N-ethyl adjacent to an activating group) is 1. The summed E-state index contributed by atoms with van der Waals surface area (Å²) in [7, 11) is 1.60. The van der Waals surface area contributed by atoms with Crippen molar-refractivity contribution in [3.05, 3.63) is 29.6 Å². The summed E-state index contributed by atoms with van der Waals surface area (Å²) in [5, 5.41) is 9.60. The largest absolute Gasteiger partial charge is 0.507 e. The average molecular weight is 252 g/mol. The van der Waals surface area contributed by atoms with Crippen LogP contribution in [0.2, 0.25) is 0 Å². The van der Waals surface area contributed by atoms with Crippen molar-refractivity contribution in [1.29, 1.82) is 0 Å². The molecule has 0 spiro atoms. The molecule has 1 unspecified atom stereocenters. The third-order valence-corrected chi connectivity index (χ3v) is 3.43. The number of halogens is 1. The molecule has 1 saturated carbocycles. The van der Waals surface area contributed by atoms with Crippen molar-refractivity contribution in [3.63, 3.8) is 0 Å². The number of nitrogens with zero attached hydrogens (tertiary/aromatic N) is 1. The van der Waals surface area contributed by atoms with Crippen molar-refractivity contribution < 1.29 is 14.3 Å². The third-order valence-electron chi connectivity index (χ3n) is 3.43. The molecule has 1 aromatic rings. The van der Waals surface area contributed by atoms with Crippen molar-refractivity contribution in [2.75, 3.05) is 13.6 Å². The Morgan fingerprint density at radius 1 is 1.61 bits per heavy atom. The van der Waals surface area contributed by atoms with E-state index in [1.54, 1.807) is 7.05 Å². The van der Waals surface area contributed by atoms with E-state index in [0.717, 1.165) is 18.9 Å². The van der Waals surface area contributed by atoms with Crippen molar-refractivity contribution in [3.8, 4) is 5.75 Å². The first-order valence-electron chi connectivity index (χ1n) is 6.01. The Hall–Kier alpha value is -1.62. The summed E-state index contributed by atoms with van der Waals surface area (Å²) in [6.07, 6.45) is 2.09. The van der Waals surface area contributed by atoms with Crippen LogP contribution >= 0.6 is 0 Å². The first-order valence-corrected chi connectivity index (χ1v) is 6.01. The maximum atomic E-state index is 13.6. The van der Waals surface area contributed by atoms with Crippen LogP contribution in [0.5, 0.6) is 5.75 Å². The van der Waals surface area contributed by atoms with Gasteiger partial charge in [-0.1, -0.05) is 6.07 Å². The van der Waals surface area contributed by atoms with E-state index in [1.807, 2.05) is 0 Å². The standard InChI is InChI=1S/C13H17FN2O2/c1-16(10(7-15)8-5-6-8)13(18)12-9(14)3-2-4-11(12)17/h2-4,8,10,17H,5-7,15H2,1H3. The molecule has 18 heavy (non-hydrogen) atoms. The fraction of sp³-hybridized carbons (Fsp3) is 0.462. The van der Waals surface area contributed by atoms with Gasteiger partial charge in [0.25, 0.3) is 5.91 Å². The first-order chi connectivity index (χ1) is 8.56. The summed E-state index contributed by atoms with van der Waals surface area (Å²) in [4.78, 5) is 13.6. The lowest BCUT2D eigenvalue weighted by Gasteiger charge is -2.27. The van der Waals surface area contributed by atoms with E-state index >= 15 is 0 Å². The summed E-state index contributed by atoms with van der Waals surface area (Å²) >= 11 is 0. The number of hydrogen-bond donors (Lipinski definition) is 2. The molecule has 0 bridgehead atoms. The van der Waals surface area contributed by atoms with E-state index in [-0.39, 0.29) is 17.4 Å². The van der Waals surface area contributed by atoms with E-state index in [1.165, 1.54) is 17.0 Å². The van der Waals surface area contributed by atoms with Crippen molar-refractivity contribution in [1.82, 2.24) is 4.90 Å². The topological polar surface area (TPSA) is 66.6 Å². The number of amides is 1. The molecule has 98 valence electrons. The maximum Gasteiger partial charge on any atom is 0.260 e. The second kappa shape index (κ2) is 4.94. The highest BCUT2D eigenvalue weighted by molar-refractivity contribution is 5.97. The van der Waals surface area contributed by atoms with E-state index in [4.69, 9.17) is 5.73 Å². The van der Waals surface area contributed by atoms with Gasteiger partial charge in [0.2, 0.25) is 0 Å². The summed E-state index contributed by atoms with van der Waals surface area (Å²) in [6, 6.07) is 3.74. The number of carbonyl (C=O) groups is 1. The van der Waals surface area contributed by atoms with Crippen molar-refractivity contribution in [2.24, 2.45) is 11.7 Å². The number of phenols is 1. The summed E-state index contributed by atoms with van der Waals surface area (Å²) in [5.41, 5.74) is 5.38. The predicted molar refractivity (Wildman–Crippen MR) is 65.7 cm³/mol. The molecule has 1 aliphatic carbocycles. The molecule has 1 atom stereocenters. The van der Waals surface area contributed by atoms with Crippen LogP contribution in [0.25, 0.3) is 0 Å². The minimum atomic E-state index is -0.710. The Morgan fingerprint density at radius 3 is 2.78 bits per heavy atom. The smallest absolute Gasteiger partial charge is 0.260 e. The number of hydrogen-bond acceptors (Lipinski definition) is 3. The zero-order valence-electron chi connectivity index (χ0n) is 10.3. The Morgan fingerprint density at radius 2 is 2.28 bits per heavy atom. The summed E-state index contributed by atoms with van der Waals surface area (Å²) < 4.78 is 13.6. The Bertz CT molecular complexity index is 440. The highest BCUT2D eigenvalue weighted by atomic mass is 19.1. The molecule has 0 aromatic heterocycles. The van der Waals surface area contributed by atoms with Crippen LogP contribution in [0.3, 0.4) is 0 Å². The lowest BCUT2D eigenvalue weighted by Crippen LogP contribution is -2.43. The highest BCUT2D eigenvalue weighted by Gasteiger charge is 2.36. The monoisotopic (exact) mass is 252 g/mol. The molecule has 0 saturated heterocycles. The van der Waals surface area contributed by atoms with Crippen molar-refractivity contribution in [2.45, 2.75) is 18.9 Å². The van der Waals surface area contributed by atoms with Gasteiger partial charge in [0, 0.05) is 19.6 Å². The van der Waals surface area contributed by atoms with E-state index in [2.05, 4.69) is 0 Å². The predicted octanol–water partition coefficient (Wildman–Crippen LogP) is 1.34. The van der Waals surface area contributed by atoms with Gasteiger partial charge in [0.1, 0.15) is 17.1 Å². The molecular formula is C13H17FN2O2. The lowest BCUT2D eigenvalue weighted by molar-refractivity contribution is 0.0710. The normalized spacial score (nSPS) is 16.4. The van der Waals surface area contributed by atoms with Crippen LogP contribution in [-0.4, -0.2) is 35.5 Å². The zero-order chi connectivity index (χ0) is 13.3. The zero-order valence-corrected chi connectivity index (χ0v) is 10.3. The lowest BCUT2D eigenvalue weighted by atomic mass is 10.1.